The van der Waals surface area contributed by atoms with Crippen LogP contribution < -0.4 is 0 Å². The van der Waals surface area contributed by atoms with E-state index in [2.05, 4.69) is 0 Å². The molecule has 0 rings (SSSR count). The molecule has 0 N–H and O–H groups in total. The van der Waals surface area contributed by atoms with Crippen molar-refractivity contribution in [2.45, 2.75) is 0 Å². The van der Waals surface area contributed by atoms with Gasteiger partial charge in [-0.1, -0.05) is 6.54 Å². The molecule has 0 fully saturated rings. The molecule has 21 valence electrons. The van der Waals surface area contributed by atoms with Crippen LogP contribution >= 0.6 is 0 Å². The number of rotatable bonds is 0. The monoisotopic (exact) mass is 136 g/mol. The zero-order valence-electron chi connectivity index (χ0n) is 1.86. The summed E-state index contributed by atoms with van der Waals surface area (Å²) in [6.45, 7) is 0. The Bertz CT molecular complexity index is 15.5. The average Bonchev–Trinajstić information content (AvgIpc) is 0.918. The summed E-state index contributed by atoms with van der Waals surface area (Å²) >= 11 is 0. The van der Waals surface area contributed by atoms with Gasteiger partial charge in [0.25, 0.3) is 0 Å². The maximum absolute atomic E-state index is 9.49. The third kappa shape index (κ3) is 15.8. The van der Waals surface area contributed by atoms with Crippen molar-refractivity contribution < 1.29 is 41.9 Å². The molecule has 1 nitrogen and oxygen atoms in total. The molecule has 0 saturated heterocycles. The molecular formula is CFOY-. The van der Waals surface area contributed by atoms with Gasteiger partial charge in [0, 0.05) is 32.7 Å². The van der Waals surface area contributed by atoms with E-state index in [9.17, 15) is 4.39 Å². The molecule has 3 heteroatoms. The summed E-state index contributed by atoms with van der Waals surface area (Å²) in [6.07, 6.45) is 0. The van der Waals surface area contributed by atoms with Gasteiger partial charge in [0.1, 0.15) is 0 Å². The van der Waals surface area contributed by atoms with Crippen molar-refractivity contribution in [3.63, 3.8) is 0 Å². The van der Waals surface area contributed by atoms with Gasteiger partial charge in [-0.15, -0.1) is 0 Å². The Labute approximate surface area is 48.4 Å². The maximum atomic E-state index is 9.49. The van der Waals surface area contributed by atoms with Crippen molar-refractivity contribution >= 4 is 6.54 Å². The van der Waals surface area contributed by atoms with Crippen molar-refractivity contribution in [3.05, 3.63) is 0 Å². The molecule has 0 aliphatic rings. The fourth-order valence-electron chi connectivity index (χ4n) is 0. The molecule has 0 aliphatic heterocycles. The van der Waals surface area contributed by atoms with Crippen molar-refractivity contribution in [2.24, 2.45) is 0 Å². The fraction of sp³-hybridized carbons (Fsp3) is 0. The van der Waals surface area contributed by atoms with Gasteiger partial charge in [0.15, 0.2) is 0 Å². The molecule has 1 radical (unpaired) electrons. The van der Waals surface area contributed by atoms with E-state index in [1.807, 2.05) is 0 Å². The predicted molar refractivity (Wildman–Crippen MR) is 6.80 cm³/mol. The first-order valence-electron chi connectivity index (χ1n) is 0.393. The Hall–Kier alpha value is 0.704. The Morgan fingerprint density at radius 2 is 1.75 bits per heavy atom. The first-order valence-corrected chi connectivity index (χ1v) is 0.393. The van der Waals surface area contributed by atoms with Crippen LogP contribution in [0.25, 0.3) is 0 Å². The molecule has 4 heavy (non-hydrogen) atoms. The van der Waals surface area contributed by atoms with Gasteiger partial charge >= 0.3 is 0 Å². The van der Waals surface area contributed by atoms with Crippen LogP contribution in [0.4, 0.5) is 4.39 Å². The van der Waals surface area contributed by atoms with E-state index in [1.54, 1.807) is 0 Å². The van der Waals surface area contributed by atoms with Crippen LogP contribution in [0.15, 0.2) is 0 Å². The van der Waals surface area contributed by atoms with Crippen LogP contribution in [-0.2, 0) is 37.5 Å². The summed E-state index contributed by atoms with van der Waals surface area (Å²) in [7, 11) is 0. The minimum absolute atomic E-state index is 0. The Kier molecular flexibility index (Phi) is 20.6. The van der Waals surface area contributed by atoms with Crippen LogP contribution in [0.1, 0.15) is 0 Å². The predicted octanol–water partition coefficient (Wildman–Crippen LogP) is 0.0206. The molecule has 0 amide bonds. The quantitative estimate of drug-likeness (QED) is 0.339. The van der Waals surface area contributed by atoms with Crippen LogP contribution in [-0.4, -0.2) is 6.54 Å². The van der Waals surface area contributed by atoms with Crippen LogP contribution in [0.2, 0.25) is 0 Å². The second-order valence-electron chi connectivity index (χ2n) is 0.0772. The zero-order valence-corrected chi connectivity index (χ0v) is 4.70. The number of carbonyl (C=O) groups excluding carboxylic acids is 1. The van der Waals surface area contributed by atoms with Crippen molar-refractivity contribution in [1.29, 1.82) is 0 Å². The molecule has 0 spiro atoms. The molecule has 0 atom stereocenters. The van der Waals surface area contributed by atoms with Gasteiger partial charge in [-0.3, -0.25) is 0 Å². The molecule has 0 aliphatic carbocycles. The van der Waals surface area contributed by atoms with E-state index >= 15 is 0 Å². The standard InChI is InChI=1S/CFO.Y/c2-1-3;/q-1;. The molecule has 0 saturated carbocycles. The SMILES string of the molecule is O=[C-]F.[Y]. The van der Waals surface area contributed by atoms with Crippen LogP contribution in [0.5, 0.6) is 0 Å². The number of hydrogen-bond donors (Lipinski definition) is 0. The minimum Gasteiger partial charge on any atom is -0.507 e. The van der Waals surface area contributed by atoms with Crippen LogP contribution in [0, 0.1) is 0 Å². The minimum atomic E-state index is 0. The summed E-state index contributed by atoms with van der Waals surface area (Å²) in [6, 6.07) is 0. The molecule has 0 heterocycles. The Balaban J connectivity index is 0. The summed E-state index contributed by atoms with van der Waals surface area (Å²) in [5, 5.41) is 0. The molecule has 0 unspecified atom stereocenters. The average molecular weight is 136 g/mol. The van der Waals surface area contributed by atoms with E-state index < -0.39 is 0 Å². The van der Waals surface area contributed by atoms with Gasteiger partial charge in [-0.25, -0.2) is 0 Å². The topological polar surface area (TPSA) is 17.1 Å². The summed E-state index contributed by atoms with van der Waals surface area (Å²) < 4.78 is 9.49. The largest absolute Gasteiger partial charge is 0.507 e. The third-order valence-corrected chi connectivity index (χ3v) is 0. The van der Waals surface area contributed by atoms with Gasteiger partial charge < -0.3 is 9.18 Å². The molecule has 0 aromatic heterocycles. The fourth-order valence-corrected chi connectivity index (χ4v) is 0. The third-order valence-electron chi connectivity index (χ3n) is 0. The van der Waals surface area contributed by atoms with Gasteiger partial charge in [-0.2, -0.15) is 0 Å². The second kappa shape index (κ2) is 9.33. The molecule has 0 aromatic rings. The first-order chi connectivity index (χ1) is 1.41. The van der Waals surface area contributed by atoms with E-state index in [4.69, 9.17) is 4.79 Å². The maximum Gasteiger partial charge on any atom is 0 e. The molecular weight excluding hydrogens is 136 g/mol. The van der Waals surface area contributed by atoms with Gasteiger partial charge in [0.05, 0.1) is 0 Å². The normalized spacial score (nSPS) is 3.25. The van der Waals surface area contributed by atoms with Crippen LogP contribution in [0.3, 0.4) is 0 Å². The number of halogens is 1. The Morgan fingerprint density at radius 3 is 1.75 bits per heavy atom. The summed E-state index contributed by atoms with van der Waals surface area (Å²) in [5.41, 5.74) is 0. The molecule has 0 bridgehead atoms. The summed E-state index contributed by atoms with van der Waals surface area (Å²) in [5.74, 6) is 0. The van der Waals surface area contributed by atoms with Crippen molar-refractivity contribution in [3.8, 4) is 0 Å². The number of hydrogen-bond acceptors (Lipinski definition) is 1. The molecule has 0 aromatic carbocycles. The van der Waals surface area contributed by atoms with E-state index in [0.717, 1.165) is 0 Å². The van der Waals surface area contributed by atoms with Crippen molar-refractivity contribution in [1.82, 2.24) is 0 Å². The van der Waals surface area contributed by atoms with Gasteiger partial charge in [-0.05, 0) is 0 Å². The second-order valence-corrected chi connectivity index (χ2v) is 0.0772. The van der Waals surface area contributed by atoms with E-state index in [-0.39, 0.29) is 39.2 Å². The zero-order chi connectivity index (χ0) is 2.71. The summed E-state index contributed by atoms with van der Waals surface area (Å²) in [4.78, 5) is 8.01. The Morgan fingerprint density at radius 1 is 1.75 bits per heavy atom. The van der Waals surface area contributed by atoms with E-state index in [1.165, 1.54) is 0 Å². The van der Waals surface area contributed by atoms with Gasteiger partial charge in [0.2, 0.25) is 0 Å². The smallest absolute Gasteiger partial charge is 0 e. The first kappa shape index (κ1) is 8.83. The van der Waals surface area contributed by atoms with Crippen molar-refractivity contribution in [2.75, 3.05) is 0 Å². The van der Waals surface area contributed by atoms with E-state index in [0.29, 0.717) is 0 Å².